The van der Waals surface area contributed by atoms with Crippen molar-refractivity contribution in [1.82, 2.24) is 5.32 Å². The molecule has 2 N–H and O–H groups in total. The number of allylic oxidation sites excluding steroid dienone is 2. The van der Waals surface area contributed by atoms with Gasteiger partial charge in [0.25, 0.3) is 0 Å². The molecule has 0 saturated heterocycles. The van der Waals surface area contributed by atoms with Gasteiger partial charge in [0.2, 0.25) is 0 Å². The standard InChI is InChI=1S/C31H41F4NO3S/c32-26-14-12-24(13-15-26)28-11-7-9-25-23-27(37)16-17-29(25)30(28)10-3-1-2-4-19-36-20-5-6-21-40(38,39)22-8-18-31(33,34)35/h12-17,23,36-37H,1-11,18-22H2. The summed E-state index contributed by atoms with van der Waals surface area (Å²) in [6.45, 7) is 1.53. The number of unbranched alkanes of at least 4 members (excludes halogenated alkanes) is 4. The first-order valence-corrected chi connectivity index (χ1v) is 16.1. The van der Waals surface area contributed by atoms with Gasteiger partial charge in [-0.05, 0) is 123 Å². The maximum Gasteiger partial charge on any atom is 0.389 e. The smallest absolute Gasteiger partial charge is 0.389 e. The molecule has 0 amide bonds. The summed E-state index contributed by atoms with van der Waals surface area (Å²) in [7, 11) is -3.43. The Bertz CT molecular complexity index is 1210. The lowest BCUT2D eigenvalue weighted by atomic mass is 9.89. The third-order valence-electron chi connectivity index (χ3n) is 7.35. The molecule has 1 aliphatic carbocycles. The topological polar surface area (TPSA) is 66.4 Å². The van der Waals surface area contributed by atoms with Crippen LogP contribution in [0.4, 0.5) is 17.6 Å². The molecule has 0 aliphatic heterocycles. The van der Waals surface area contributed by atoms with Gasteiger partial charge < -0.3 is 10.4 Å². The fraction of sp³-hybridized carbons (Fsp3) is 0.548. The third-order valence-corrected chi connectivity index (χ3v) is 9.17. The Balaban J connectivity index is 1.38. The Hall–Kier alpha value is -2.39. The van der Waals surface area contributed by atoms with Gasteiger partial charge >= 0.3 is 6.18 Å². The molecule has 0 aromatic heterocycles. The minimum atomic E-state index is -4.31. The maximum atomic E-state index is 13.6. The van der Waals surface area contributed by atoms with Gasteiger partial charge in [-0.2, -0.15) is 13.2 Å². The molecule has 1 aliphatic rings. The van der Waals surface area contributed by atoms with E-state index in [9.17, 15) is 31.1 Å². The number of rotatable bonds is 16. The zero-order valence-electron chi connectivity index (χ0n) is 23.0. The summed E-state index contributed by atoms with van der Waals surface area (Å²) in [6.07, 6.45) is 3.23. The van der Waals surface area contributed by atoms with Gasteiger partial charge in [-0.25, -0.2) is 12.8 Å². The van der Waals surface area contributed by atoms with Crippen LogP contribution in [0.5, 0.6) is 5.75 Å². The van der Waals surface area contributed by atoms with Crippen LogP contribution in [0, 0.1) is 5.82 Å². The molecule has 0 fully saturated rings. The highest BCUT2D eigenvalue weighted by molar-refractivity contribution is 7.91. The Labute approximate surface area is 235 Å². The molecule has 4 nitrogen and oxygen atoms in total. The SMILES string of the molecule is O=S(=O)(CCCCNCCCCCCC1=C(c2ccc(F)cc2)CCCc2cc(O)ccc21)CCCC(F)(F)F. The van der Waals surface area contributed by atoms with E-state index in [1.54, 1.807) is 6.07 Å². The number of aryl methyl sites for hydroxylation is 1. The summed E-state index contributed by atoms with van der Waals surface area (Å²) in [6, 6.07) is 12.3. The van der Waals surface area contributed by atoms with E-state index >= 15 is 0 Å². The van der Waals surface area contributed by atoms with Crippen molar-refractivity contribution in [2.75, 3.05) is 24.6 Å². The van der Waals surface area contributed by atoms with Crippen LogP contribution in [-0.4, -0.2) is 44.3 Å². The Morgan fingerprint density at radius 2 is 1.50 bits per heavy atom. The number of benzene rings is 2. The quantitative estimate of drug-likeness (QED) is 0.156. The number of aromatic hydroxyl groups is 1. The number of halogens is 4. The van der Waals surface area contributed by atoms with E-state index in [2.05, 4.69) is 5.32 Å². The molecule has 9 heteroatoms. The summed E-state index contributed by atoms with van der Waals surface area (Å²) in [5, 5.41) is 13.3. The monoisotopic (exact) mass is 583 g/mol. The van der Waals surface area contributed by atoms with Crippen LogP contribution in [0.2, 0.25) is 0 Å². The molecule has 0 saturated carbocycles. The highest BCUT2D eigenvalue weighted by Gasteiger charge is 2.27. The Morgan fingerprint density at radius 3 is 2.23 bits per heavy atom. The Morgan fingerprint density at radius 1 is 0.825 bits per heavy atom. The molecule has 0 radical (unpaired) electrons. The summed E-state index contributed by atoms with van der Waals surface area (Å²) < 4.78 is 73.9. The van der Waals surface area contributed by atoms with E-state index < -0.39 is 28.2 Å². The van der Waals surface area contributed by atoms with Crippen molar-refractivity contribution in [3.05, 3.63) is 65.0 Å². The van der Waals surface area contributed by atoms with Gasteiger partial charge in [0, 0.05) is 6.42 Å². The lowest BCUT2D eigenvalue weighted by molar-refractivity contribution is -0.134. The van der Waals surface area contributed by atoms with Crippen molar-refractivity contribution < 1.29 is 31.1 Å². The molecule has 0 unspecified atom stereocenters. The molecule has 2 aromatic carbocycles. The van der Waals surface area contributed by atoms with E-state index in [-0.39, 0.29) is 23.7 Å². The number of fused-ring (bicyclic) bond motifs is 1. The van der Waals surface area contributed by atoms with Gasteiger partial charge in [0.05, 0.1) is 11.5 Å². The van der Waals surface area contributed by atoms with Crippen molar-refractivity contribution >= 4 is 21.0 Å². The van der Waals surface area contributed by atoms with Crippen LogP contribution in [0.1, 0.15) is 87.3 Å². The van der Waals surface area contributed by atoms with Crippen LogP contribution in [0.15, 0.2) is 42.5 Å². The van der Waals surface area contributed by atoms with E-state index in [1.165, 1.54) is 28.8 Å². The second-order valence-electron chi connectivity index (χ2n) is 10.7. The second kappa shape index (κ2) is 15.6. The summed E-state index contributed by atoms with van der Waals surface area (Å²) in [5.74, 6) is -0.442. The summed E-state index contributed by atoms with van der Waals surface area (Å²) in [4.78, 5) is 0. The minimum absolute atomic E-state index is 0.0644. The van der Waals surface area contributed by atoms with Crippen LogP contribution >= 0.6 is 0 Å². The van der Waals surface area contributed by atoms with Crippen LogP contribution in [0.25, 0.3) is 11.1 Å². The van der Waals surface area contributed by atoms with Crippen molar-refractivity contribution in [2.45, 2.75) is 83.2 Å². The molecule has 0 atom stereocenters. The van der Waals surface area contributed by atoms with Gasteiger partial charge in [-0.3, -0.25) is 0 Å². The van der Waals surface area contributed by atoms with E-state index in [4.69, 9.17) is 0 Å². The number of phenolic OH excluding ortho intramolecular Hbond substituents is 1. The molecule has 2 aromatic rings. The molecule has 222 valence electrons. The first kappa shape index (κ1) is 32.1. The van der Waals surface area contributed by atoms with Crippen molar-refractivity contribution in [1.29, 1.82) is 0 Å². The van der Waals surface area contributed by atoms with Gasteiger partial charge in [-0.1, -0.05) is 31.0 Å². The number of hydrogen-bond acceptors (Lipinski definition) is 4. The second-order valence-corrected chi connectivity index (χ2v) is 13.0. The number of alkyl halides is 3. The van der Waals surface area contributed by atoms with Gasteiger partial charge in [-0.15, -0.1) is 0 Å². The minimum Gasteiger partial charge on any atom is -0.508 e. The van der Waals surface area contributed by atoms with Crippen molar-refractivity contribution in [3.8, 4) is 5.75 Å². The zero-order chi connectivity index (χ0) is 29.0. The van der Waals surface area contributed by atoms with Gasteiger partial charge in [0.1, 0.15) is 21.4 Å². The van der Waals surface area contributed by atoms with Crippen LogP contribution in [-0.2, 0) is 16.3 Å². The number of hydrogen-bond donors (Lipinski definition) is 2. The van der Waals surface area contributed by atoms with E-state index in [0.717, 1.165) is 69.0 Å². The van der Waals surface area contributed by atoms with Crippen LogP contribution < -0.4 is 5.32 Å². The summed E-state index contributed by atoms with van der Waals surface area (Å²) >= 11 is 0. The predicted octanol–water partition coefficient (Wildman–Crippen LogP) is 7.86. The molecular formula is C31H41F4NO3S. The lowest BCUT2D eigenvalue weighted by Crippen LogP contribution is -2.19. The molecule has 40 heavy (non-hydrogen) atoms. The Kier molecular flexibility index (Phi) is 12.5. The normalized spacial score (nSPS) is 14.3. The average Bonchev–Trinajstić information content (AvgIpc) is 3.05. The number of phenols is 1. The fourth-order valence-electron chi connectivity index (χ4n) is 5.30. The largest absolute Gasteiger partial charge is 0.508 e. The maximum absolute atomic E-state index is 13.6. The van der Waals surface area contributed by atoms with Crippen molar-refractivity contribution in [3.63, 3.8) is 0 Å². The molecule has 0 spiro atoms. The molecule has 0 heterocycles. The number of nitrogens with one attached hydrogen (secondary N) is 1. The number of sulfone groups is 1. The van der Waals surface area contributed by atoms with E-state index in [1.807, 2.05) is 24.3 Å². The highest BCUT2D eigenvalue weighted by atomic mass is 32.2. The highest BCUT2D eigenvalue weighted by Crippen LogP contribution is 2.39. The molecule has 0 bridgehead atoms. The fourth-order valence-corrected chi connectivity index (χ4v) is 6.73. The predicted molar refractivity (Wildman–Crippen MR) is 153 cm³/mol. The zero-order valence-corrected chi connectivity index (χ0v) is 23.9. The van der Waals surface area contributed by atoms with E-state index in [0.29, 0.717) is 19.4 Å². The van der Waals surface area contributed by atoms with Crippen LogP contribution in [0.3, 0.4) is 0 Å². The lowest BCUT2D eigenvalue weighted by Gasteiger charge is -2.16. The molecule has 3 rings (SSSR count). The summed E-state index contributed by atoms with van der Waals surface area (Å²) in [5.41, 5.74) is 5.93. The third kappa shape index (κ3) is 11.2. The first-order valence-electron chi connectivity index (χ1n) is 14.3. The average molecular weight is 584 g/mol. The molecular weight excluding hydrogens is 542 g/mol. The van der Waals surface area contributed by atoms with Gasteiger partial charge in [0.15, 0.2) is 0 Å². The van der Waals surface area contributed by atoms with Crippen molar-refractivity contribution in [2.24, 2.45) is 0 Å². The first-order chi connectivity index (χ1) is 19.0.